The molecule has 20 aromatic rings. The maximum atomic E-state index is 5.74. The number of pyridine rings is 2. The zero-order valence-electron chi connectivity index (χ0n) is 56.1. The van der Waals surface area contributed by atoms with Crippen molar-refractivity contribution in [2.75, 3.05) is 0 Å². The summed E-state index contributed by atoms with van der Waals surface area (Å²) in [7, 11) is 0. The van der Waals surface area contributed by atoms with E-state index in [-0.39, 0.29) is 0 Å². The van der Waals surface area contributed by atoms with Crippen molar-refractivity contribution in [3.05, 3.63) is 352 Å². The first-order valence-electron chi connectivity index (χ1n) is 35.0. The van der Waals surface area contributed by atoms with Crippen molar-refractivity contribution < 1.29 is 0 Å². The van der Waals surface area contributed by atoms with Gasteiger partial charge in [0, 0.05) is 87.6 Å². The van der Waals surface area contributed by atoms with E-state index in [2.05, 4.69) is 297 Å². The van der Waals surface area contributed by atoms with Crippen LogP contribution in [-0.2, 0) is 0 Å². The number of aromatic nitrogens is 8. The molecule has 4 heterocycles. The number of benzene rings is 16. The minimum Gasteiger partial charge on any atom is -0.246 e. The molecule has 0 saturated carbocycles. The van der Waals surface area contributed by atoms with Crippen LogP contribution in [0.1, 0.15) is 0 Å². The molecule has 20 rings (SSSR count). The van der Waals surface area contributed by atoms with E-state index in [4.69, 9.17) is 39.9 Å². The second-order valence-electron chi connectivity index (χ2n) is 26.5. The molecule has 8 nitrogen and oxygen atoms in total. The molecule has 0 aliphatic rings. The molecule has 0 bridgehead atoms. The first-order valence-corrected chi connectivity index (χ1v) is 35.0. The van der Waals surface area contributed by atoms with Gasteiger partial charge in [-0.05, 0) is 90.3 Å². The largest absolute Gasteiger partial charge is 0.246 e. The fraction of sp³-hybridized carbons (Fsp3) is 0. The lowest BCUT2D eigenvalue weighted by Crippen LogP contribution is -2.00. The molecule has 4 aromatic heterocycles. The average Bonchev–Trinajstić information content (AvgIpc) is 0.735. The Bertz CT molecular complexity index is 6700. The van der Waals surface area contributed by atoms with Crippen molar-refractivity contribution in [1.29, 1.82) is 0 Å². The predicted octanol–water partition coefficient (Wildman–Crippen LogP) is 24.4. The summed E-state index contributed by atoms with van der Waals surface area (Å²) in [6.45, 7) is 0. The third-order valence-electron chi connectivity index (χ3n) is 20.3. The number of nitrogens with zero attached hydrogens (tertiary/aromatic N) is 8. The first-order chi connectivity index (χ1) is 51.5. The van der Waals surface area contributed by atoms with Gasteiger partial charge in [0.2, 0.25) is 0 Å². The zero-order chi connectivity index (χ0) is 68.6. The van der Waals surface area contributed by atoms with E-state index < -0.39 is 0 Å². The minimum absolute atomic E-state index is 0.560. The van der Waals surface area contributed by atoms with Crippen LogP contribution < -0.4 is 0 Å². The van der Waals surface area contributed by atoms with E-state index in [0.29, 0.717) is 34.9 Å². The van der Waals surface area contributed by atoms with Gasteiger partial charge in [-0.2, -0.15) is 0 Å². The van der Waals surface area contributed by atoms with Crippen molar-refractivity contribution in [2.24, 2.45) is 0 Å². The molecule has 0 radical (unpaired) electrons. The van der Waals surface area contributed by atoms with Gasteiger partial charge in [-0.25, -0.2) is 39.9 Å². The quantitative estimate of drug-likeness (QED) is 0.0932. The van der Waals surface area contributed by atoms with E-state index in [0.717, 1.165) is 176 Å². The predicted molar refractivity (Wildman–Crippen MR) is 429 cm³/mol. The highest BCUT2D eigenvalue weighted by Gasteiger charge is 2.22. The summed E-state index contributed by atoms with van der Waals surface area (Å²) in [4.78, 5) is 42.7. The van der Waals surface area contributed by atoms with Gasteiger partial charge in [0.15, 0.2) is 34.9 Å². The summed E-state index contributed by atoms with van der Waals surface area (Å²) in [5.74, 6) is 3.51. The van der Waals surface area contributed by atoms with Gasteiger partial charge in [0.1, 0.15) is 0 Å². The summed E-state index contributed by atoms with van der Waals surface area (Å²) in [5, 5.41) is 13.2. The second-order valence-corrected chi connectivity index (χ2v) is 26.5. The van der Waals surface area contributed by atoms with E-state index in [9.17, 15) is 0 Å². The van der Waals surface area contributed by atoms with Crippen molar-refractivity contribution in [2.45, 2.75) is 0 Å². The van der Waals surface area contributed by atoms with E-state index in [1.54, 1.807) is 0 Å². The molecule has 0 atom stereocenters. The lowest BCUT2D eigenvalue weighted by molar-refractivity contribution is 1.07. The Hall–Kier alpha value is -14.1. The van der Waals surface area contributed by atoms with Crippen LogP contribution in [0.25, 0.3) is 211 Å². The molecule has 0 fully saturated rings. The van der Waals surface area contributed by atoms with Gasteiger partial charge < -0.3 is 0 Å². The van der Waals surface area contributed by atoms with Crippen molar-refractivity contribution in [3.8, 4) is 124 Å². The Labute approximate surface area is 598 Å². The summed E-state index contributed by atoms with van der Waals surface area (Å²) in [6.07, 6.45) is 0. The van der Waals surface area contributed by atoms with E-state index in [1.165, 1.54) is 0 Å². The summed E-state index contributed by atoms with van der Waals surface area (Å²) >= 11 is 0. The van der Waals surface area contributed by atoms with Crippen molar-refractivity contribution in [3.63, 3.8) is 0 Å². The molecule has 8 heteroatoms. The summed E-state index contributed by atoms with van der Waals surface area (Å²) in [6, 6.07) is 124. The van der Waals surface area contributed by atoms with E-state index in [1.807, 2.05) is 54.6 Å². The molecule has 482 valence electrons. The molecule has 0 amide bonds. The van der Waals surface area contributed by atoms with Gasteiger partial charge in [-0.1, -0.05) is 328 Å². The van der Waals surface area contributed by atoms with E-state index >= 15 is 0 Å². The number of rotatable bonds is 11. The van der Waals surface area contributed by atoms with Crippen LogP contribution in [0.3, 0.4) is 0 Å². The van der Waals surface area contributed by atoms with Crippen LogP contribution in [-0.4, -0.2) is 39.9 Å². The second kappa shape index (κ2) is 25.0. The summed E-state index contributed by atoms with van der Waals surface area (Å²) in [5.41, 5.74) is 19.9. The lowest BCUT2D eigenvalue weighted by atomic mass is 9.90. The van der Waals surface area contributed by atoms with Gasteiger partial charge in [0.25, 0.3) is 0 Å². The molecule has 0 N–H and O–H groups in total. The first kappa shape index (κ1) is 59.9. The molecule has 0 spiro atoms. The Morgan fingerprint density at radius 1 is 0.125 bits per heavy atom. The lowest BCUT2D eigenvalue weighted by Gasteiger charge is -2.16. The topological polar surface area (TPSA) is 103 Å². The Morgan fingerprint density at radius 3 is 0.750 bits per heavy atom. The number of hydrogen-bond acceptors (Lipinski definition) is 8. The molecule has 104 heavy (non-hydrogen) atoms. The fourth-order valence-corrected chi connectivity index (χ4v) is 15.1. The number of hydrogen-bond donors (Lipinski definition) is 0. The van der Waals surface area contributed by atoms with Gasteiger partial charge in [0.05, 0.1) is 22.1 Å². The molecular formula is C96H58N8. The van der Waals surface area contributed by atoms with Gasteiger partial charge >= 0.3 is 0 Å². The van der Waals surface area contributed by atoms with Crippen LogP contribution in [0, 0.1) is 0 Å². The monoisotopic (exact) mass is 1320 g/mol. The third-order valence-corrected chi connectivity index (χ3v) is 20.3. The maximum Gasteiger partial charge on any atom is 0.164 e. The van der Waals surface area contributed by atoms with Gasteiger partial charge in [-0.15, -0.1) is 0 Å². The van der Waals surface area contributed by atoms with Crippen molar-refractivity contribution in [1.82, 2.24) is 39.9 Å². The fourth-order valence-electron chi connectivity index (χ4n) is 15.1. The highest BCUT2D eigenvalue weighted by atomic mass is 15.0. The van der Waals surface area contributed by atoms with Crippen LogP contribution in [0.2, 0.25) is 0 Å². The van der Waals surface area contributed by atoms with Crippen LogP contribution in [0.15, 0.2) is 352 Å². The van der Waals surface area contributed by atoms with Crippen LogP contribution in [0.5, 0.6) is 0 Å². The normalized spacial score (nSPS) is 11.7. The van der Waals surface area contributed by atoms with Crippen molar-refractivity contribution >= 4 is 86.7 Å². The Morgan fingerprint density at radius 2 is 0.365 bits per heavy atom. The highest BCUT2D eigenvalue weighted by molar-refractivity contribution is 6.23. The zero-order valence-corrected chi connectivity index (χ0v) is 56.1. The molecule has 0 aliphatic carbocycles. The third kappa shape index (κ3) is 10.6. The number of fused-ring (bicyclic) bond motifs is 12. The minimum atomic E-state index is 0.560. The van der Waals surface area contributed by atoms with Crippen LogP contribution in [0.4, 0.5) is 0 Å². The summed E-state index contributed by atoms with van der Waals surface area (Å²) < 4.78 is 0. The molecule has 0 unspecified atom stereocenters. The Balaban J connectivity index is 0.717. The highest BCUT2D eigenvalue weighted by Crippen LogP contribution is 2.45. The molecule has 16 aromatic carbocycles. The molecular weight excluding hydrogens is 1270 g/mol. The average molecular weight is 1320 g/mol. The molecule has 0 aliphatic heterocycles. The van der Waals surface area contributed by atoms with Gasteiger partial charge in [-0.3, -0.25) is 0 Å². The Kier molecular flexibility index (Phi) is 14.4. The van der Waals surface area contributed by atoms with Crippen LogP contribution >= 0.6 is 0 Å². The molecule has 0 saturated heterocycles. The smallest absolute Gasteiger partial charge is 0.164 e. The standard InChI is InChI=1S/C96H58N8/c1-5-19-59(20-6-1)61-33-40-70(41-34-61)93-99-91(68-26-9-3-10-27-68)100-94(102-93)71-42-38-67(39-43-71)86-82-53-49-64-25-15-18-32-79(64)89(82)98-90-83(86)54-50-65-35-46-73(58-84(65)90)75-55-74(60-21-7-2-8-22-60)56-76(57-75)96-103-92(69-28-11-4-12-29-69)101-95(104-96)72-44-36-66(37-45-72)85-80-51-47-62-23-13-16-30-77(62)87(80)97-88-78-31-17-14-24-63(78)48-52-81(85)88/h1-58H. The SMILES string of the molecule is c1ccc(-c2ccc(-c3nc(-c4ccccc4)nc(-c4ccc(-c5c6ccc7ccccc7c6nc6c5ccc5ccc(-c7cc(-c8ccccc8)cc(-c8nc(-c9ccccc9)nc(-c9ccc(-c%10c%11ccc%12ccccc%12c%11nc%11c%10ccc%10ccccc%10%11)cc9)n8)c7)cc56)cc4)n3)cc2)cc1. The maximum absolute atomic E-state index is 5.74.